The third-order valence-electron chi connectivity index (χ3n) is 6.88. The Bertz CT molecular complexity index is 1470. The smallest absolute Gasteiger partial charge is 0.264 e. The Morgan fingerprint density at radius 1 is 0.829 bits per heavy atom. The Labute approximate surface area is 245 Å². The summed E-state index contributed by atoms with van der Waals surface area (Å²) in [5, 5.41) is 3.00. The van der Waals surface area contributed by atoms with Gasteiger partial charge in [0.2, 0.25) is 11.8 Å². The van der Waals surface area contributed by atoms with E-state index in [-0.39, 0.29) is 17.3 Å². The average molecular weight is 578 g/mol. The molecule has 220 valence electrons. The molecule has 1 atom stereocenters. The summed E-state index contributed by atoms with van der Waals surface area (Å²) in [5.41, 5.74) is 4.39. The first-order valence-corrected chi connectivity index (χ1v) is 15.4. The molecule has 3 aromatic carbocycles. The largest absolute Gasteiger partial charge is 0.350 e. The van der Waals surface area contributed by atoms with E-state index in [0.717, 1.165) is 27.8 Å². The standard InChI is InChI=1S/C33H43N3O4S/c1-9-29(32(38)34-33(6,7)8)35(21-27-16-11-23(2)12-17-27)31(37)22-36(30-20-25(4)10-15-26(30)5)41(39,40)28-18-13-24(3)14-19-28/h10-20,29H,9,21-22H2,1-8H3,(H,34,38)/t29-/m0/s1. The van der Waals surface area contributed by atoms with Crippen molar-refractivity contribution in [2.75, 3.05) is 10.8 Å². The topological polar surface area (TPSA) is 86.8 Å². The van der Waals surface area contributed by atoms with Crippen LogP contribution in [0.3, 0.4) is 0 Å². The molecule has 0 aliphatic rings. The second kappa shape index (κ2) is 12.9. The van der Waals surface area contributed by atoms with E-state index < -0.39 is 34.1 Å². The van der Waals surface area contributed by atoms with Crippen molar-refractivity contribution in [3.63, 3.8) is 0 Å². The normalized spacial score (nSPS) is 12.5. The second-order valence-electron chi connectivity index (χ2n) is 11.8. The van der Waals surface area contributed by atoms with Crippen LogP contribution in [0.5, 0.6) is 0 Å². The number of hydrogen-bond donors (Lipinski definition) is 1. The average Bonchev–Trinajstić information content (AvgIpc) is 2.89. The molecule has 8 heteroatoms. The van der Waals surface area contributed by atoms with Gasteiger partial charge in [-0.3, -0.25) is 13.9 Å². The van der Waals surface area contributed by atoms with Gasteiger partial charge in [0.05, 0.1) is 10.6 Å². The van der Waals surface area contributed by atoms with Gasteiger partial charge in [0.1, 0.15) is 12.6 Å². The highest BCUT2D eigenvalue weighted by Gasteiger charge is 2.35. The molecule has 3 rings (SSSR count). The number of carbonyl (C=O) groups excluding carboxylic acids is 2. The third-order valence-corrected chi connectivity index (χ3v) is 8.65. The number of hydrogen-bond acceptors (Lipinski definition) is 4. The molecule has 0 aliphatic carbocycles. The predicted octanol–water partition coefficient (Wildman–Crippen LogP) is 5.84. The van der Waals surface area contributed by atoms with Gasteiger partial charge in [-0.25, -0.2) is 8.42 Å². The molecule has 2 amide bonds. The van der Waals surface area contributed by atoms with Gasteiger partial charge in [-0.1, -0.05) is 66.6 Å². The van der Waals surface area contributed by atoms with E-state index in [1.807, 2.05) is 91.8 Å². The first kappa shape index (κ1) is 31.9. The zero-order valence-corrected chi connectivity index (χ0v) is 26.3. The minimum absolute atomic E-state index is 0.0967. The zero-order chi connectivity index (χ0) is 30.5. The molecule has 0 aromatic heterocycles. The Morgan fingerprint density at radius 3 is 1.90 bits per heavy atom. The lowest BCUT2D eigenvalue weighted by Gasteiger charge is -2.35. The molecule has 0 bridgehead atoms. The van der Waals surface area contributed by atoms with Crippen LogP contribution in [-0.4, -0.2) is 43.3 Å². The van der Waals surface area contributed by atoms with Crippen LogP contribution in [0.4, 0.5) is 5.69 Å². The molecule has 0 fully saturated rings. The molecule has 41 heavy (non-hydrogen) atoms. The fraction of sp³-hybridized carbons (Fsp3) is 0.394. The van der Waals surface area contributed by atoms with Gasteiger partial charge >= 0.3 is 0 Å². The van der Waals surface area contributed by atoms with Gasteiger partial charge < -0.3 is 10.2 Å². The maximum absolute atomic E-state index is 14.2. The van der Waals surface area contributed by atoms with Gasteiger partial charge in [-0.05, 0) is 89.8 Å². The lowest BCUT2D eigenvalue weighted by molar-refractivity contribution is -0.141. The molecule has 0 saturated heterocycles. The number of carbonyl (C=O) groups is 2. The van der Waals surface area contributed by atoms with E-state index in [0.29, 0.717) is 12.1 Å². The van der Waals surface area contributed by atoms with Crippen LogP contribution in [0.1, 0.15) is 61.9 Å². The predicted molar refractivity (Wildman–Crippen MR) is 165 cm³/mol. The van der Waals surface area contributed by atoms with Gasteiger partial charge in [0.25, 0.3) is 10.0 Å². The minimum atomic E-state index is -4.11. The van der Waals surface area contributed by atoms with Crippen LogP contribution in [0.2, 0.25) is 0 Å². The first-order valence-electron chi connectivity index (χ1n) is 14.0. The van der Waals surface area contributed by atoms with Crippen LogP contribution >= 0.6 is 0 Å². The summed E-state index contributed by atoms with van der Waals surface area (Å²) in [5.74, 6) is -0.738. The van der Waals surface area contributed by atoms with E-state index in [1.165, 1.54) is 9.21 Å². The van der Waals surface area contributed by atoms with Crippen LogP contribution in [0, 0.1) is 27.7 Å². The van der Waals surface area contributed by atoms with E-state index in [1.54, 1.807) is 30.3 Å². The summed E-state index contributed by atoms with van der Waals surface area (Å²) < 4.78 is 29.4. The van der Waals surface area contributed by atoms with E-state index >= 15 is 0 Å². The first-order chi connectivity index (χ1) is 19.1. The number of sulfonamides is 1. The van der Waals surface area contributed by atoms with Crippen molar-refractivity contribution in [2.24, 2.45) is 0 Å². The van der Waals surface area contributed by atoms with Gasteiger partial charge in [-0.15, -0.1) is 0 Å². The fourth-order valence-corrected chi connectivity index (χ4v) is 6.07. The highest BCUT2D eigenvalue weighted by molar-refractivity contribution is 7.92. The van der Waals surface area contributed by atoms with Crippen LogP contribution < -0.4 is 9.62 Å². The number of anilines is 1. The van der Waals surface area contributed by atoms with Gasteiger partial charge in [0.15, 0.2) is 0 Å². The molecule has 1 N–H and O–H groups in total. The third kappa shape index (κ3) is 8.19. The highest BCUT2D eigenvalue weighted by atomic mass is 32.2. The fourth-order valence-electron chi connectivity index (χ4n) is 4.60. The molecule has 0 radical (unpaired) electrons. The number of benzene rings is 3. The summed E-state index contributed by atoms with van der Waals surface area (Å²) in [7, 11) is -4.11. The van der Waals surface area contributed by atoms with E-state index in [2.05, 4.69) is 5.32 Å². The molecular weight excluding hydrogens is 534 g/mol. The summed E-state index contributed by atoms with van der Waals surface area (Å²) in [6, 6.07) is 19.1. The molecule has 0 aliphatic heterocycles. The van der Waals surface area contributed by atoms with E-state index in [9.17, 15) is 18.0 Å². The van der Waals surface area contributed by atoms with Crippen molar-refractivity contribution in [1.82, 2.24) is 10.2 Å². The van der Waals surface area contributed by atoms with Gasteiger partial charge in [-0.2, -0.15) is 0 Å². The SMILES string of the molecule is CC[C@@H](C(=O)NC(C)(C)C)N(Cc1ccc(C)cc1)C(=O)CN(c1cc(C)ccc1C)S(=O)(=O)c1ccc(C)cc1. The summed E-state index contributed by atoms with van der Waals surface area (Å²) in [6.07, 6.45) is 0.369. The molecule has 3 aromatic rings. The summed E-state index contributed by atoms with van der Waals surface area (Å²) >= 11 is 0. The molecule has 0 heterocycles. The van der Waals surface area contributed by atoms with Gasteiger partial charge in [0, 0.05) is 12.1 Å². The van der Waals surface area contributed by atoms with Crippen molar-refractivity contribution in [2.45, 2.75) is 84.8 Å². The zero-order valence-electron chi connectivity index (χ0n) is 25.5. The maximum atomic E-state index is 14.2. The Morgan fingerprint density at radius 2 is 1.37 bits per heavy atom. The highest BCUT2D eigenvalue weighted by Crippen LogP contribution is 2.29. The maximum Gasteiger partial charge on any atom is 0.264 e. The Kier molecular flexibility index (Phi) is 10.0. The van der Waals surface area contributed by atoms with Crippen molar-refractivity contribution >= 4 is 27.5 Å². The molecule has 7 nitrogen and oxygen atoms in total. The summed E-state index contributed by atoms with van der Waals surface area (Å²) in [4.78, 5) is 29.3. The Hall–Kier alpha value is -3.65. The molecular formula is C33H43N3O4S. The van der Waals surface area contributed by atoms with Crippen molar-refractivity contribution in [1.29, 1.82) is 0 Å². The molecule has 0 saturated carbocycles. The van der Waals surface area contributed by atoms with Crippen LogP contribution in [-0.2, 0) is 26.2 Å². The Balaban J connectivity index is 2.11. The van der Waals surface area contributed by atoms with Crippen LogP contribution in [0.15, 0.2) is 71.6 Å². The lowest BCUT2D eigenvalue weighted by atomic mass is 10.1. The van der Waals surface area contributed by atoms with Crippen molar-refractivity contribution < 1.29 is 18.0 Å². The van der Waals surface area contributed by atoms with Crippen molar-refractivity contribution in [3.8, 4) is 0 Å². The second-order valence-corrected chi connectivity index (χ2v) is 13.6. The summed E-state index contributed by atoms with van der Waals surface area (Å²) in [6.45, 7) is 14.8. The van der Waals surface area contributed by atoms with Crippen molar-refractivity contribution in [3.05, 3.63) is 94.5 Å². The minimum Gasteiger partial charge on any atom is -0.350 e. The lowest BCUT2D eigenvalue weighted by Crippen LogP contribution is -2.55. The van der Waals surface area contributed by atoms with Crippen LogP contribution in [0.25, 0.3) is 0 Å². The number of rotatable bonds is 10. The van der Waals surface area contributed by atoms with E-state index in [4.69, 9.17) is 0 Å². The quantitative estimate of drug-likeness (QED) is 0.328. The number of nitrogens with one attached hydrogen (secondary N) is 1. The monoisotopic (exact) mass is 577 g/mol. The number of nitrogens with zero attached hydrogens (tertiary/aromatic N) is 2. The number of amides is 2. The molecule has 0 spiro atoms. The molecule has 0 unspecified atom stereocenters. The number of aryl methyl sites for hydroxylation is 4.